The van der Waals surface area contributed by atoms with Gasteiger partial charge >= 0.3 is 5.97 Å². The summed E-state index contributed by atoms with van der Waals surface area (Å²) in [6.07, 6.45) is 0.499. The number of carbonyl (C=O) groups excluding carboxylic acids is 1. The van der Waals surface area contributed by atoms with E-state index in [9.17, 15) is 9.90 Å². The van der Waals surface area contributed by atoms with Crippen molar-refractivity contribution in [1.82, 2.24) is 5.32 Å². The first-order chi connectivity index (χ1) is 10.5. The summed E-state index contributed by atoms with van der Waals surface area (Å²) in [5, 5.41) is 12.9. The van der Waals surface area contributed by atoms with Crippen molar-refractivity contribution in [3.8, 4) is 5.75 Å². The van der Waals surface area contributed by atoms with Crippen LogP contribution in [0, 0.1) is 0 Å². The summed E-state index contributed by atoms with van der Waals surface area (Å²) in [5.74, 6) is 0.534. The molecule has 0 bridgehead atoms. The van der Waals surface area contributed by atoms with Crippen molar-refractivity contribution >= 4 is 5.97 Å². The third-order valence-corrected chi connectivity index (χ3v) is 3.05. The minimum Gasteiger partial charge on any atom is -0.491 e. The lowest BCUT2D eigenvalue weighted by molar-refractivity contribution is -0.143. The van der Waals surface area contributed by atoms with E-state index in [2.05, 4.69) is 5.32 Å². The van der Waals surface area contributed by atoms with Crippen LogP contribution in [0.3, 0.4) is 0 Å². The Bertz CT molecular complexity index is 431. The van der Waals surface area contributed by atoms with Gasteiger partial charge in [0.25, 0.3) is 0 Å². The van der Waals surface area contributed by atoms with Gasteiger partial charge in [0.2, 0.25) is 0 Å². The van der Waals surface area contributed by atoms with Crippen molar-refractivity contribution in [2.24, 2.45) is 0 Å². The van der Waals surface area contributed by atoms with Crippen LogP contribution in [0.15, 0.2) is 24.3 Å². The summed E-state index contributed by atoms with van der Waals surface area (Å²) < 4.78 is 10.4. The molecule has 0 fully saturated rings. The van der Waals surface area contributed by atoms with Crippen molar-refractivity contribution in [2.45, 2.75) is 45.8 Å². The number of nitrogens with one attached hydrogen (secondary N) is 1. The quantitative estimate of drug-likeness (QED) is 0.646. The van der Waals surface area contributed by atoms with Gasteiger partial charge in [0.15, 0.2) is 0 Å². The number of hydrogen-bond donors (Lipinski definition) is 2. The molecule has 0 heterocycles. The molecule has 22 heavy (non-hydrogen) atoms. The number of aryl methyl sites for hydroxylation is 1. The molecular formula is C17H27NO4. The van der Waals surface area contributed by atoms with Gasteiger partial charge in [-0.05, 0) is 31.0 Å². The average Bonchev–Trinajstić information content (AvgIpc) is 2.50. The maximum Gasteiger partial charge on any atom is 0.306 e. The van der Waals surface area contributed by atoms with Crippen molar-refractivity contribution in [2.75, 3.05) is 19.8 Å². The molecule has 2 N–H and O–H groups in total. The van der Waals surface area contributed by atoms with E-state index in [0.717, 1.165) is 5.56 Å². The maximum absolute atomic E-state index is 11.3. The highest BCUT2D eigenvalue weighted by Crippen LogP contribution is 2.14. The van der Waals surface area contributed by atoms with Gasteiger partial charge in [0, 0.05) is 19.0 Å². The standard InChI is InChI=1S/C17H27NO4/c1-4-21-17(20)10-7-14-5-8-16(9-6-14)22-12-15(19)11-18-13(2)3/h5-6,8-9,13,15,18-19H,4,7,10-12H2,1-3H3. The average molecular weight is 309 g/mol. The van der Waals surface area contributed by atoms with Crippen LogP contribution in [0.1, 0.15) is 32.8 Å². The smallest absolute Gasteiger partial charge is 0.306 e. The minimum atomic E-state index is -0.536. The van der Waals surface area contributed by atoms with Crippen LogP contribution in [0.2, 0.25) is 0 Å². The second-order valence-electron chi connectivity index (χ2n) is 5.48. The molecule has 0 amide bonds. The van der Waals surface area contributed by atoms with Crippen molar-refractivity contribution in [3.05, 3.63) is 29.8 Å². The normalized spacial score (nSPS) is 12.2. The monoisotopic (exact) mass is 309 g/mol. The Hall–Kier alpha value is -1.59. The molecule has 1 unspecified atom stereocenters. The van der Waals surface area contributed by atoms with E-state index in [4.69, 9.17) is 9.47 Å². The van der Waals surface area contributed by atoms with Gasteiger partial charge in [0.1, 0.15) is 18.5 Å². The van der Waals surface area contributed by atoms with E-state index < -0.39 is 6.10 Å². The highest BCUT2D eigenvalue weighted by Gasteiger charge is 2.06. The molecule has 1 aromatic carbocycles. The Morgan fingerprint density at radius 1 is 1.27 bits per heavy atom. The van der Waals surface area contributed by atoms with Crippen LogP contribution in [-0.2, 0) is 16.0 Å². The second kappa shape index (κ2) is 10.2. The molecule has 0 spiro atoms. The third kappa shape index (κ3) is 8.00. The Morgan fingerprint density at radius 3 is 2.55 bits per heavy atom. The van der Waals surface area contributed by atoms with E-state index in [0.29, 0.717) is 37.8 Å². The lowest BCUT2D eigenvalue weighted by Crippen LogP contribution is -2.35. The molecule has 0 saturated carbocycles. The third-order valence-electron chi connectivity index (χ3n) is 3.05. The van der Waals surface area contributed by atoms with Gasteiger partial charge in [-0.25, -0.2) is 0 Å². The van der Waals surface area contributed by atoms with Gasteiger partial charge in [-0.1, -0.05) is 26.0 Å². The highest BCUT2D eigenvalue weighted by molar-refractivity contribution is 5.69. The van der Waals surface area contributed by atoms with E-state index >= 15 is 0 Å². The fourth-order valence-corrected chi connectivity index (χ4v) is 1.85. The zero-order valence-corrected chi connectivity index (χ0v) is 13.7. The van der Waals surface area contributed by atoms with Crippen LogP contribution in [0.25, 0.3) is 0 Å². The largest absolute Gasteiger partial charge is 0.491 e. The molecule has 1 atom stereocenters. The molecule has 0 aliphatic carbocycles. The van der Waals surface area contributed by atoms with Crippen LogP contribution in [0.5, 0.6) is 5.75 Å². The topological polar surface area (TPSA) is 67.8 Å². The number of aliphatic hydroxyl groups is 1. The molecule has 124 valence electrons. The summed E-state index contributed by atoms with van der Waals surface area (Å²) in [6.45, 7) is 7.04. The first-order valence-electron chi connectivity index (χ1n) is 7.80. The molecule has 0 radical (unpaired) electrons. The summed E-state index contributed by atoms with van der Waals surface area (Å²) in [6, 6.07) is 7.89. The highest BCUT2D eigenvalue weighted by atomic mass is 16.5. The lowest BCUT2D eigenvalue weighted by Gasteiger charge is -2.15. The Balaban J connectivity index is 2.31. The molecule has 1 rings (SSSR count). The van der Waals surface area contributed by atoms with E-state index in [1.807, 2.05) is 38.1 Å². The second-order valence-corrected chi connectivity index (χ2v) is 5.48. The van der Waals surface area contributed by atoms with E-state index in [-0.39, 0.29) is 12.6 Å². The number of hydrogen-bond acceptors (Lipinski definition) is 5. The first kappa shape index (κ1) is 18.5. The predicted molar refractivity (Wildman–Crippen MR) is 86.0 cm³/mol. The number of aliphatic hydroxyl groups excluding tert-OH is 1. The molecule has 0 saturated heterocycles. The predicted octanol–water partition coefficient (Wildman–Crippen LogP) is 1.92. The molecule has 0 aliphatic heterocycles. The SMILES string of the molecule is CCOC(=O)CCc1ccc(OCC(O)CNC(C)C)cc1. The van der Waals surface area contributed by atoms with Crippen LogP contribution < -0.4 is 10.1 Å². The van der Waals surface area contributed by atoms with Crippen LogP contribution in [0.4, 0.5) is 0 Å². The number of benzene rings is 1. The van der Waals surface area contributed by atoms with Gasteiger partial charge < -0.3 is 19.9 Å². The van der Waals surface area contributed by atoms with Gasteiger partial charge in [-0.3, -0.25) is 4.79 Å². The molecular weight excluding hydrogens is 282 g/mol. The molecule has 1 aromatic rings. The van der Waals surface area contributed by atoms with Gasteiger partial charge in [-0.2, -0.15) is 0 Å². The first-order valence-corrected chi connectivity index (χ1v) is 7.80. The summed E-state index contributed by atoms with van der Waals surface area (Å²) in [7, 11) is 0. The maximum atomic E-state index is 11.3. The number of esters is 1. The lowest BCUT2D eigenvalue weighted by atomic mass is 10.1. The summed E-state index contributed by atoms with van der Waals surface area (Å²) in [4.78, 5) is 11.3. The summed E-state index contributed by atoms with van der Waals surface area (Å²) in [5.41, 5.74) is 1.06. The summed E-state index contributed by atoms with van der Waals surface area (Å²) >= 11 is 0. The van der Waals surface area contributed by atoms with Crippen molar-refractivity contribution < 1.29 is 19.4 Å². The Morgan fingerprint density at radius 2 is 1.95 bits per heavy atom. The molecule has 0 aromatic heterocycles. The van der Waals surface area contributed by atoms with Gasteiger partial charge in [0.05, 0.1) is 6.61 Å². The van der Waals surface area contributed by atoms with Crippen molar-refractivity contribution in [3.63, 3.8) is 0 Å². The van der Waals surface area contributed by atoms with E-state index in [1.54, 1.807) is 6.92 Å². The Labute approximate surface area is 132 Å². The molecule has 5 nitrogen and oxygen atoms in total. The zero-order chi connectivity index (χ0) is 16.4. The Kier molecular flexibility index (Phi) is 8.55. The number of rotatable bonds is 10. The van der Waals surface area contributed by atoms with Crippen LogP contribution >= 0.6 is 0 Å². The van der Waals surface area contributed by atoms with Crippen molar-refractivity contribution in [1.29, 1.82) is 0 Å². The van der Waals surface area contributed by atoms with E-state index in [1.165, 1.54) is 0 Å². The fraction of sp³-hybridized carbons (Fsp3) is 0.588. The molecule has 0 aliphatic rings. The van der Waals surface area contributed by atoms with Crippen LogP contribution in [-0.4, -0.2) is 43.0 Å². The number of carbonyl (C=O) groups is 1. The number of ether oxygens (including phenoxy) is 2. The minimum absolute atomic E-state index is 0.177. The fourth-order valence-electron chi connectivity index (χ4n) is 1.85. The molecule has 5 heteroatoms. The van der Waals surface area contributed by atoms with Gasteiger partial charge in [-0.15, -0.1) is 0 Å². The zero-order valence-electron chi connectivity index (χ0n) is 13.7.